The summed E-state index contributed by atoms with van der Waals surface area (Å²) >= 11 is 0. The largest absolute Gasteiger partial charge is 0.493 e. The van der Waals surface area contributed by atoms with E-state index in [1.54, 1.807) is 83.2 Å². The van der Waals surface area contributed by atoms with Gasteiger partial charge in [-0.3, -0.25) is 19.2 Å². The Bertz CT molecular complexity index is 6670. The van der Waals surface area contributed by atoms with E-state index in [1.165, 1.54) is 63.2 Å². The molecular weight excluding hydrogens is 1960 g/mol. The highest BCUT2D eigenvalue weighted by Crippen LogP contribution is 2.65. The molecule has 786 valence electrons. The Hall–Kier alpha value is -13.5. The van der Waals surface area contributed by atoms with Crippen LogP contribution in [0.3, 0.4) is 0 Å². The summed E-state index contributed by atoms with van der Waals surface area (Å²) in [6.45, 7) is 14.5. The highest BCUT2D eigenvalue weighted by Gasteiger charge is 2.65. The SMILES string of the molecule is CC(=O)O.COc1ccc2c3c1O[C@@]1(C)C[C@@H](OC(=O)CCc4ccc(C(=O)O)cc4)C=C[C@@]31CCN(C)C2.COc1ccc2c3c1O[C@@]1(C)C[C@@H](OC(=O)Cc4ccc(C(=O)O)cc4)C=C[C@@]31CCN(C)C2.COc1ccc2c3c1O[C@@]1(C)C[C@@H](OC(=O)Cc4cccc(C(=O)O)c4)C=C[C@@]31CCN(C)C2.COc1ccc2c3c1O[C@H]1C[C@@H](OC(=O)N[C@@H](Cc4c[nH]c5ccccc45)C(=O)O)C=C[C@@]31CCN(C)C2.Cl.Cl.S. The zero-order chi connectivity index (χ0) is 103. The van der Waals surface area contributed by atoms with Crippen molar-refractivity contribution < 1.29 is 126 Å². The van der Waals surface area contributed by atoms with Crippen LogP contribution in [0.5, 0.6) is 46.0 Å². The maximum absolute atomic E-state index is 12.8. The number of carbonyl (C=O) groups is 9. The lowest BCUT2D eigenvalue weighted by atomic mass is 9.62. The molecule has 7 N–H and O–H groups in total. The second-order valence-corrected chi connectivity index (χ2v) is 40.3. The topological polar surface area (TPSA) is 406 Å². The molecular formula is C113H128Cl2N6O26S. The number of carboxylic acids is 5. The number of esters is 3. The molecule has 1 aromatic heterocycles. The summed E-state index contributed by atoms with van der Waals surface area (Å²) in [4.78, 5) is 118. The van der Waals surface area contributed by atoms with Crippen molar-refractivity contribution >= 4 is 103 Å². The van der Waals surface area contributed by atoms with Gasteiger partial charge in [0, 0.05) is 111 Å². The monoisotopic (exact) mass is 2090 g/mol. The number of rotatable bonds is 22. The van der Waals surface area contributed by atoms with Crippen molar-refractivity contribution in [3.8, 4) is 46.0 Å². The number of alkyl carbamates (subject to hydrolysis) is 1. The molecule has 9 heterocycles. The van der Waals surface area contributed by atoms with Crippen LogP contribution < -0.4 is 43.2 Å². The minimum absolute atomic E-state index is 0. The molecule has 4 spiro atoms. The lowest BCUT2D eigenvalue weighted by Gasteiger charge is -2.44. The molecule has 21 rings (SSSR count). The second kappa shape index (κ2) is 44.9. The number of hydrogen-bond donors (Lipinski definition) is 7. The fourth-order valence-corrected chi connectivity index (χ4v) is 23.5. The number of nitrogens with one attached hydrogen (secondary N) is 2. The van der Waals surface area contributed by atoms with Gasteiger partial charge in [0.05, 0.1) is 79.6 Å². The van der Waals surface area contributed by atoms with Crippen molar-refractivity contribution in [2.45, 2.75) is 212 Å². The summed E-state index contributed by atoms with van der Waals surface area (Å²) in [5.74, 6) is 0.0801. The summed E-state index contributed by atoms with van der Waals surface area (Å²) in [5, 5.41) is 47.9. The van der Waals surface area contributed by atoms with E-state index in [4.69, 9.17) is 77.0 Å². The van der Waals surface area contributed by atoms with Gasteiger partial charge < -0.3 is 112 Å². The number of carbonyl (C=O) groups excluding carboxylic acids is 4. The number of ether oxygens (including phenoxy) is 12. The van der Waals surface area contributed by atoms with E-state index in [2.05, 4.69) is 127 Å². The number of carboxylic acid groups (broad SMARTS) is 5. The molecule has 8 aromatic carbocycles. The summed E-state index contributed by atoms with van der Waals surface area (Å²) < 4.78 is 72.2. The van der Waals surface area contributed by atoms with Crippen molar-refractivity contribution in [2.24, 2.45) is 0 Å². The molecule has 13 atom stereocenters. The number of methoxy groups -OCH3 is 4. The molecule has 0 unspecified atom stereocenters. The average Bonchev–Trinajstić information content (AvgIpc) is 1.55. The van der Waals surface area contributed by atoms with E-state index in [9.17, 15) is 48.6 Å². The number of para-hydroxylation sites is 1. The summed E-state index contributed by atoms with van der Waals surface area (Å²) in [6, 6.07) is 42.1. The molecule has 148 heavy (non-hydrogen) atoms. The van der Waals surface area contributed by atoms with Gasteiger partial charge in [-0.2, -0.15) is 13.5 Å². The minimum Gasteiger partial charge on any atom is -0.493 e. The van der Waals surface area contributed by atoms with Crippen LogP contribution in [-0.4, -0.2) is 240 Å². The Balaban J connectivity index is 0.000000153. The number of hydrogen-bond acceptors (Lipinski definition) is 25. The molecule has 12 aliphatic rings. The molecule has 35 heteroatoms. The number of aromatic nitrogens is 1. The van der Waals surface area contributed by atoms with Crippen LogP contribution in [0.15, 0.2) is 200 Å². The number of aliphatic carboxylic acids is 2. The maximum atomic E-state index is 12.8. The number of benzene rings is 8. The van der Waals surface area contributed by atoms with Crippen molar-refractivity contribution in [3.63, 3.8) is 0 Å². The summed E-state index contributed by atoms with van der Waals surface area (Å²) in [6.07, 6.45) is 22.2. The molecule has 9 aromatic rings. The highest BCUT2D eigenvalue weighted by atomic mass is 35.5. The first-order valence-corrected chi connectivity index (χ1v) is 48.9. The number of amides is 1. The third kappa shape index (κ3) is 21.7. The Kier molecular flexibility index (Phi) is 33.4. The van der Waals surface area contributed by atoms with Gasteiger partial charge in [0.15, 0.2) is 46.0 Å². The van der Waals surface area contributed by atoms with Gasteiger partial charge in [-0.15, -0.1) is 24.8 Å². The molecule has 1 amide bonds. The molecule has 0 fully saturated rings. The van der Waals surface area contributed by atoms with Crippen LogP contribution in [-0.2, 0) is 116 Å². The molecule has 32 nitrogen and oxygen atoms in total. The van der Waals surface area contributed by atoms with Crippen LogP contribution >= 0.6 is 38.3 Å². The summed E-state index contributed by atoms with van der Waals surface area (Å²) in [7, 11) is 15.1. The fraction of sp³-hybridized carbons (Fsp3) is 0.407. The molecule has 0 bridgehead atoms. The number of aryl methyl sites for hydroxylation is 1. The number of nitrogens with zero attached hydrogens (tertiary/aromatic N) is 4. The van der Waals surface area contributed by atoms with Gasteiger partial charge >= 0.3 is 47.9 Å². The van der Waals surface area contributed by atoms with E-state index in [0.717, 1.165) is 153 Å². The fourth-order valence-electron chi connectivity index (χ4n) is 23.5. The molecule has 0 radical (unpaired) electrons. The van der Waals surface area contributed by atoms with Crippen molar-refractivity contribution in [1.29, 1.82) is 0 Å². The lowest BCUT2D eigenvalue weighted by molar-refractivity contribution is -0.150. The van der Waals surface area contributed by atoms with Crippen molar-refractivity contribution in [3.05, 3.63) is 284 Å². The number of fused-ring (bicyclic) bond motifs is 1. The zero-order valence-electron chi connectivity index (χ0n) is 84.8. The van der Waals surface area contributed by atoms with E-state index < -0.39 is 83.1 Å². The maximum Gasteiger partial charge on any atom is 0.408 e. The predicted octanol–water partition coefficient (Wildman–Crippen LogP) is 16.4. The van der Waals surface area contributed by atoms with Crippen LogP contribution in [0.25, 0.3) is 10.9 Å². The normalized spacial score (nSPS) is 25.3. The Morgan fingerprint density at radius 3 is 1.28 bits per heavy atom. The van der Waals surface area contributed by atoms with Crippen LogP contribution in [0.4, 0.5) is 4.79 Å². The summed E-state index contributed by atoms with van der Waals surface area (Å²) in [5.41, 5.74) is 11.2. The van der Waals surface area contributed by atoms with E-state index in [0.29, 0.717) is 49.0 Å². The van der Waals surface area contributed by atoms with Crippen LogP contribution in [0.2, 0.25) is 0 Å². The molecule has 0 saturated heterocycles. The van der Waals surface area contributed by atoms with Crippen LogP contribution in [0.1, 0.15) is 183 Å². The highest BCUT2D eigenvalue weighted by molar-refractivity contribution is 7.59. The van der Waals surface area contributed by atoms with Gasteiger partial charge in [-0.25, -0.2) is 24.0 Å². The van der Waals surface area contributed by atoms with E-state index >= 15 is 0 Å². The van der Waals surface area contributed by atoms with E-state index in [-0.39, 0.29) is 126 Å². The number of aromatic carboxylic acids is 3. The molecule has 8 aliphatic heterocycles. The quantitative estimate of drug-likeness (QED) is 0.0188. The Morgan fingerprint density at radius 2 is 0.845 bits per heavy atom. The first-order valence-electron chi connectivity index (χ1n) is 48.9. The minimum atomic E-state index is -1.13. The van der Waals surface area contributed by atoms with E-state index in [1.807, 2.05) is 72.8 Å². The van der Waals surface area contributed by atoms with Gasteiger partial charge in [0.1, 0.15) is 53.4 Å². The third-order valence-electron chi connectivity index (χ3n) is 30.8. The molecule has 0 saturated carbocycles. The predicted molar refractivity (Wildman–Crippen MR) is 560 cm³/mol. The van der Waals surface area contributed by atoms with Gasteiger partial charge in [-0.1, -0.05) is 103 Å². The smallest absolute Gasteiger partial charge is 0.408 e. The first-order chi connectivity index (χ1) is 69.3. The van der Waals surface area contributed by atoms with Crippen LogP contribution in [0, 0.1) is 0 Å². The Morgan fingerprint density at radius 1 is 0.446 bits per heavy atom. The number of halogens is 2. The standard InChI is InChI=1S/C29H31N3O6.C28H31NO6.2C27H29NO6.C2H4O2.2ClH.H2S/c1-32-12-11-29-10-9-19(14-24(29)38-26-23(36-2)8-7-17(16-32)25(26)29)37-28(35)31-22(27(33)34)13-18-15-30-21-6-4-3-5-20(18)21;1-27-16-21(34-23(30)11-6-18-4-7-19(8-5-18)26(31)32)12-13-28(27)14-15-29(2)17-20-9-10-22(33-3)25(35-27)24(20)28;1-26-15-20(33-22(29)14-17-4-6-18(7-5-17)25(30)31)10-11-27(26)12-13-28(2)16-19-8-9-21(32-3)24(34-26)23(19)27;1-26-15-20(33-22(29)14-17-5-4-6-18(13-17)25(30)31)9-10-27(26)11-12-28(2)16-19-7-8-21(32-3)24(34-26)23(19)27;1-2(3)4;;;/h3-10,15,19,22,24,30H,11-14,16H2,1-2H3,(H,31,35)(H,33,34);4-5,7-10,12-13,21H,6,11,14-17H2,1-3H3,(H,31,32);4-11,20H,12-16H2,1-3H3,(H,30,31);4-10,13,20H,11-12,14-16H2,1-3H3,(H,30,31);1H3,(H,3,4);2*1H;1H2/t19-,22-,24-,29-;21-,27-,28+;2*20-,26-,27+;;;;/m0000..../s1. The second-order valence-electron chi connectivity index (χ2n) is 40.3. The first kappa shape index (κ1) is 110. The van der Waals surface area contributed by atoms with Gasteiger partial charge in [0.25, 0.3) is 5.97 Å². The Labute approximate surface area is 878 Å². The third-order valence-corrected chi connectivity index (χ3v) is 30.8. The van der Waals surface area contributed by atoms with Crippen molar-refractivity contribution in [2.75, 3.05) is 82.8 Å². The average molecular weight is 2090 g/mol. The zero-order valence-corrected chi connectivity index (χ0v) is 87.4. The van der Waals surface area contributed by atoms with Gasteiger partial charge in [0.2, 0.25) is 0 Å². The lowest BCUT2D eigenvalue weighted by Crippen LogP contribution is -2.53. The number of aromatic amines is 1. The van der Waals surface area contributed by atoms with Gasteiger partial charge in [-0.05, 0) is 243 Å². The van der Waals surface area contributed by atoms with Crippen molar-refractivity contribution in [1.82, 2.24) is 29.9 Å². The number of H-pyrrole nitrogens is 1. The molecule has 4 aliphatic carbocycles.